The number of benzene rings is 2. The van der Waals surface area contributed by atoms with Gasteiger partial charge in [-0.25, -0.2) is 4.58 Å². The third-order valence-corrected chi connectivity index (χ3v) is 5.58. The van der Waals surface area contributed by atoms with Crippen LogP contribution in [0.5, 0.6) is 11.5 Å². The van der Waals surface area contributed by atoms with Crippen LogP contribution >= 0.6 is 11.6 Å². The minimum absolute atomic E-state index is 0.0704. The van der Waals surface area contributed by atoms with E-state index in [1.807, 2.05) is 36.4 Å². The van der Waals surface area contributed by atoms with Gasteiger partial charge in [0, 0.05) is 28.8 Å². The molecule has 2 aromatic carbocycles. The van der Waals surface area contributed by atoms with Crippen LogP contribution in [0.3, 0.4) is 0 Å². The zero-order valence-corrected chi connectivity index (χ0v) is 17.7. The zero-order chi connectivity index (χ0) is 20.7. The number of methoxy groups -OCH3 is 2. The van der Waals surface area contributed by atoms with Gasteiger partial charge >= 0.3 is 5.96 Å². The molecule has 2 heterocycles. The van der Waals surface area contributed by atoms with Crippen LogP contribution < -0.4 is 20.6 Å². The minimum atomic E-state index is -0.0727. The van der Waals surface area contributed by atoms with Gasteiger partial charge < -0.3 is 9.47 Å². The van der Waals surface area contributed by atoms with Crippen molar-refractivity contribution in [1.29, 1.82) is 0 Å². The lowest BCUT2D eigenvalue weighted by molar-refractivity contribution is -0.503. The summed E-state index contributed by atoms with van der Waals surface area (Å²) in [7, 11) is 3.28. The molecule has 2 unspecified atom stereocenters. The second-order valence-electron chi connectivity index (χ2n) is 7.01. The molecule has 7 nitrogen and oxygen atoms in total. The molecular formula is C21H25ClN5O2+. The number of nitrogens with one attached hydrogen (secondary N) is 1. The van der Waals surface area contributed by atoms with E-state index in [0.29, 0.717) is 16.7 Å². The number of halogens is 1. The Morgan fingerprint density at radius 2 is 1.93 bits per heavy atom. The largest absolute Gasteiger partial charge is 0.497 e. The van der Waals surface area contributed by atoms with Gasteiger partial charge in [0.2, 0.25) is 0 Å². The van der Waals surface area contributed by atoms with E-state index in [1.165, 1.54) is 0 Å². The standard InChI is InChI=1S/C21H24ClN5O2/c1-5-26-20-12(2)24-19(16-9-7-14(28-3)11-18(16)29-4)15-8-6-13(22)10-17(15)27(20)21(23)25-26/h6-12,20H,5H2,1-4H3,(H2,23,25)/p+1. The third kappa shape index (κ3) is 3.20. The summed E-state index contributed by atoms with van der Waals surface area (Å²) < 4.78 is 13.1. The zero-order valence-electron chi connectivity index (χ0n) is 16.9. The first kappa shape index (κ1) is 19.5. The van der Waals surface area contributed by atoms with Gasteiger partial charge in [-0.05, 0) is 44.2 Å². The SMILES string of the molecule is CCN1NC(N)=[N+]2c3cc(Cl)ccc3C(c3ccc(OC)cc3OC)=NC(C)C12. The highest BCUT2D eigenvalue weighted by Gasteiger charge is 2.43. The van der Waals surface area contributed by atoms with Gasteiger partial charge in [0.1, 0.15) is 17.2 Å². The summed E-state index contributed by atoms with van der Waals surface area (Å²) in [4.78, 5) is 5.12. The van der Waals surface area contributed by atoms with Crippen LogP contribution in [-0.4, -0.2) is 54.2 Å². The summed E-state index contributed by atoms with van der Waals surface area (Å²) in [5.41, 5.74) is 13.2. The molecule has 0 saturated carbocycles. The predicted molar refractivity (Wildman–Crippen MR) is 115 cm³/mol. The maximum atomic E-state index is 6.38. The lowest BCUT2D eigenvalue weighted by Crippen LogP contribution is -2.47. The van der Waals surface area contributed by atoms with E-state index in [-0.39, 0.29) is 12.2 Å². The van der Waals surface area contributed by atoms with Gasteiger partial charge in [0.15, 0.2) is 6.17 Å². The Hall–Kier alpha value is -2.77. The van der Waals surface area contributed by atoms with Crippen LogP contribution in [0, 0.1) is 0 Å². The summed E-state index contributed by atoms with van der Waals surface area (Å²) >= 11 is 6.37. The first-order valence-corrected chi connectivity index (χ1v) is 9.91. The number of aliphatic imine (C=N–C) groups is 1. The molecule has 0 fully saturated rings. The molecule has 0 bridgehead atoms. The summed E-state index contributed by atoms with van der Waals surface area (Å²) in [6.07, 6.45) is -0.0704. The van der Waals surface area contributed by atoms with Crippen molar-refractivity contribution in [2.75, 3.05) is 20.8 Å². The van der Waals surface area contributed by atoms with Crippen molar-refractivity contribution >= 4 is 29.0 Å². The van der Waals surface area contributed by atoms with Crippen LogP contribution in [-0.2, 0) is 0 Å². The van der Waals surface area contributed by atoms with Gasteiger partial charge in [-0.2, -0.15) is 5.43 Å². The van der Waals surface area contributed by atoms with Gasteiger partial charge in [-0.3, -0.25) is 10.7 Å². The fourth-order valence-corrected chi connectivity index (χ4v) is 4.18. The number of rotatable bonds is 4. The maximum Gasteiger partial charge on any atom is 0.367 e. The van der Waals surface area contributed by atoms with Crippen molar-refractivity contribution < 1.29 is 14.0 Å². The Balaban J connectivity index is 1.98. The molecule has 0 saturated heterocycles. The number of ether oxygens (including phenoxy) is 2. The van der Waals surface area contributed by atoms with E-state index in [0.717, 1.165) is 34.8 Å². The molecule has 2 aliphatic rings. The third-order valence-electron chi connectivity index (χ3n) is 5.34. The van der Waals surface area contributed by atoms with Crippen molar-refractivity contribution in [1.82, 2.24) is 10.4 Å². The lowest BCUT2D eigenvalue weighted by atomic mass is 9.99. The molecule has 0 radical (unpaired) electrons. The lowest BCUT2D eigenvalue weighted by Gasteiger charge is -2.23. The number of hydrogen-bond donors (Lipinski definition) is 2. The first-order valence-electron chi connectivity index (χ1n) is 9.53. The Morgan fingerprint density at radius 3 is 2.62 bits per heavy atom. The van der Waals surface area contributed by atoms with E-state index in [9.17, 15) is 0 Å². The van der Waals surface area contributed by atoms with Crippen LogP contribution in [0.4, 0.5) is 5.69 Å². The fourth-order valence-electron chi connectivity index (χ4n) is 4.02. The van der Waals surface area contributed by atoms with E-state index in [1.54, 1.807) is 14.2 Å². The van der Waals surface area contributed by atoms with Crippen LogP contribution in [0.1, 0.15) is 25.0 Å². The van der Waals surface area contributed by atoms with Crippen molar-refractivity contribution in [3.8, 4) is 11.5 Å². The van der Waals surface area contributed by atoms with Crippen molar-refractivity contribution in [2.45, 2.75) is 26.1 Å². The highest BCUT2D eigenvalue weighted by molar-refractivity contribution is 6.31. The van der Waals surface area contributed by atoms with E-state index in [4.69, 9.17) is 31.8 Å². The van der Waals surface area contributed by atoms with Gasteiger partial charge in [-0.1, -0.05) is 11.6 Å². The van der Waals surface area contributed by atoms with E-state index < -0.39 is 0 Å². The first-order chi connectivity index (χ1) is 14.0. The van der Waals surface area contributed by atoms with E-state index >= 15 is 0 Å². The average Bonchev–Trinajstić information content (AvgIpc) is 3.01. The predicted octanol–water partition coefficient (Wildman–Crippen LogP) is 2.72. The van der Waals surface area contributed by atoms with Crippen LogP contribution in [0.15, 0.2) is 41.4 Å². The Morgan fingerprint density at radius 1 is 1.17 bits per heavy atom. The highest BCUT2D eigenvalue weighted by Crippen LogP contribution is 2.36. The molecule has 4 rings (SSSR count). The molecular weight excluding hydrogens is 390 g/mol. The molecule has 2 aliphatic heterocycles. The van der Waals surface area contributed by atoms with Crippen molar-refractivity contribution in [3.05, 3.63) is 52.5 Å². The molecule has 3 N–H and O–H groups in total. The van der Waals surface area contributed by atoms with E-state index in [2.05, 4.69) is 28.9 Å². The molecule has 8 heteroatoms. The fraction of sp³-hybridized carbons (Fsp3) is 0.333. The Bertz CT molecular complexity index is 1020. The smallest absolute Gasteiger partial charge is 0.367 e. The molecule has 2 atom stereocenters. The Labute approximate surface area is 175 Å². The number of hydrazine groups is 1. The van der Waals surface area contributed by atoms with Crippen molar-refractivity contribution in [2.24, 2.45) is 10.7 Å². The van der Waals surface area contributed by atoms with Crippen LogP contribution in [0.25, 0.3) is 0 Å². The molecule has 2 aromatic rings. The van der Waals surface area contributed by atoms with Crippen molar-refractivity contribution in [3.63, 3.8) is 0 Å². The summed E-state index contributed by atoms with van der Waals surface area (Å²) in [5, 5.41) is 2.73. The number of nitrogens with zero attached hydrogens (tertiary/aromatic N) is 3. The number of hydrogen-bond acceptors (Lipinski definition) is 6. The normalized spacial score (nSPS) is 21.1. The molecule has 29 heavy (non-hydrogen) atoms. The quantitative estimate of drug-likeness (QED) is 0.752. The molecule has 0 aliphatic carbocycles. The second-order valence-corrected chi connectivity index (χ2v) is 7.45. The molecule has 0 spiro atoms. The maximum absolute atomic E-state index is 6.38. The van der Waals surface area contributed by atoms with Gasteiger partial charge in [0.25, 0.3) is 0 Å². The summed E-state index contributed by atoms with van der Waals surface area (Å²) in [5.74, 6) is 1.98. The second kappa shape index (κ2) is 7.57. The summed E-state index contributed by atoms with van der Waals surface area (Å²) in [6.45, 7) is 4.94. The average molecular weight is 415 g/mol. The highest BCUT2D eigenvalue weighted by atomic mass is 35.5. The minimum Gasteiger partial charge on any atom is -0.497 e. The monoisotopic (exact) mass is 414 g/mol. The molecule has 0 amide bonds. The molecule has 0 aromatic heterocycles. The number of guanidine groups is 1. The Kier molecular flexibility index (Phi) is 5.10. The topological polar surface area (TPSA) is 75.1 Å². The van der Waals surface area contributed by atoms with Gasteiger partial charge in [-0.15, -0.1) is 5.01 Å². The summed E-state index contributed by atoms with van der Waals surface area (Å²) in [6, 6.07) is 11.5. The van der Waals surface area contributed by atoms with Gasteiger partial charge in [0.05, 0.1) is 26.0 Å². The number of fused-ring (bicyclic) bond motifs is 3. The number of nitrogens with two attached hydrogens (primary N) is 1. The number of likely N-dealkylation sites (N-methyl/N-ethyl adjacent to an activating group) is 1. The molecule has 152 valence electrons. The van der Waals surface area contributed by atoms with Crippen LogP contribution in [0.2, 0.25) is 5.02 Å².